The third-order valence-corrected chi connectivity index (χ3v) is 2.55. The molecule has 0 aromatic carbocycles. The number of hydrogen-bond donors (Lipinski definition) is 2. The second-order valence-electron chi connectivity index (χ2n) is 3.72. The number of piperidine rings is 1. The lowest BCUT2D eigenvalue weighted by molar-refractivity contribution is 0.350. The zero-order valence-electron chi connectivity index (χ0n) is 8.61. The number of aromatic nitrogens is 2. The van der Waals surface area contributed by atoms with Gasteiger partial charge in [-0.1, -0.05) is 5.16 Å². The Morgan fingerprint density at radius 1 is 1.53 bits per heavy atom. The topological polar surface area (TPSA) is 77.0 Å². The lowest BCUT2D eigenvalue weighted by Crippen LogP contribution is -2.31. The highest BCUT2D eigenvalue weighted by molar-refractivity contribution is 5.85. The molecule has 1 aromatic heterocycles. The highest BCUT2D eigenvalue weighted by atomic mass is 35.5. The van der Waals surface area contributed by atoms with Crippen molar-refractivity contribution >= 4 is 12.4 Å². The van der Waals surface area contributed by atoms with Crippen LogP contribution >= 0.6 is 12.4 Å². The molecule has 1 atom stereocenters. The number of nitrogens with one attached hydrogen (secondary N) is 1. The molecule has 86 valence electrons. The number of halogens is 1. The largest absolute Gasteiger partial charge is 0.338 e. The molecule has 0 amide bonds. The highest BCUT2D eigenvalue weighted by Crippen LogP contribution is 2.14. The van der Waals surface area contributed by atoms with Crippen LogP contribution < -0.4 is 11.1 Å². The van der Waals surface area contributed by atoms with Crippen LogP contribution in [-0.2, 0) is 13.0 Å². The van der Waals surface area contributed by atoms with Crippen LogP contribution in [0.25, 0.3) is 0 Å². The molecule has 0 spiro atoms. The van der Waals surface area contributed by atoms with Crippen molar-refractivity contribution in [3.05, 3.63) is 11.7 Å². The van der Waals surface area contributed by atoms with Gasteiger partial charge in [-0.3, -0.25) is 0 Å². The van der Waals surface area contributed by atoms with Gasteiger partial charge in [-0.2, -0.15) is 4.98 Å². The summed E-state index contributed by atoms with van der Waals surface area (Å²) in [6, 6.07) is 0. The predicted molar refractivity (Wildman–Crippen MR) is 58.7 cm³/mol. The molecule has 15 heavy (non-hydrogen) atoms. The summed E-state index contributed by atoms with van der Waals surface area (Å²) in [5.74, 6) is 1.97. The summed E-state index contributed by atoms with van der Waals surface area (Å²) in [7, 11) is 0. The maximum absolute atomic E-state index is 5.39. The fraction of sp³-hybridized carbons (Fsp3) is 0.778. The Kier molecular flexibility index (Phi) is 5.01. The van der Waals surface area contributed by atoms with Crippen LogP contribution in [0.1, 0.15) is 24.6 Å². The van der Waals surface area contributed by atoms with Crippen molar-refractivity contribution in [1.82, 2.24) is 15.5 Å². The van der Waals surface area contributed by atoms with E-state index in [2.05, 4.69) is 15.5 Å². The van der Waals surface area contributed by atoms with E-state index in [1.54, 1.807) is 0 Å². The summed E-state index contributed by atoms with van der Waals surface area (Å²) in [5, 5.41) is 7.25. The Balaban J connectivity index is 0.00000112. The number of nitrogens with two attached hydrogens (primary N) is 1. The summed E-state index contributed by atoms with van der Waals surface area (Å²) in [5.41, 5.74) is 5.39. The first-order chi connectivity index (χ1) is 6.88. The van der Waals surface area contributed by atoms with Gasteiger partial charge in [0.25, 0.3) is 0 Å². The summed E-state index contributed by atoms with van der Waals surface area (Å²) < 4.78 is 4.95. The maximum atomic E-state index is 5.39. The number of hydrogen-bond acceptors (Lipinski definition) is 5. The second-order valence-corrected chi connectivity index (χ2v) is 3.72. The summed E-state index contributed by atoms with van der Waals surface area (Å²) >= 11 is 0. The van der Waals surface area contributed by atoms with E-state index in [1.165, 1.54) is 12.8 Å². The Morgan fingerprint density at radius 2 is 2.40 bits per heavy atom. The summed E-state index contributed by atoms with van der Waals surface area (Å²) in [4.78, 5) is 4.19. The van der Waals surface area contributed by atoms with Crippen molar-refractivity contribution in [2.75, 3.05) is 13.1 Å². The minimum atomic E-state index is 0. The predicted octanol–water partition coefficient (Wildman–Crippen LogP) is 0.492. The fourth-order valence-corrected chi connectivity index (χ4v) is 1.81. The summed E-state index contributed by atoms with van der Waals surface area (Å²) in [6.45, 7) is 2.53. The molecule has 1 aromatic rings. The second kappa shape index (κ2) is 6.05. The lowest BCUT2D eigenvalue weighted by Gasteiger charge is -2.20. The molecule has 1 unspecified atom stereocenters. The van der Waals surface area contributed by atoms with Gasteiger partial charge in [0.1, 0.15) is 0 Å². The van der Waals surface area contributed by atoms with Crippen molar-refractivity contribution in [2.24, 2.45) is 11.7 Å². The molecular formula is C9H17ClN4O. The maximum Gasteiger partial charge on any atom is 0.240 e. The van der Waals surface area contributed by atoms with E-state index in [-0.39, 0.29) is 12.4 Å². The quantitative estimate of drug-likeness (QED) is 0.793. The van der Waals surface area contributed by atoms with E-state index in [1.807, 2.05) is 0 Å². The molecule has 6 heteroatoms. The Hall–Kier alpha value is -0.650. The van der Waals surface area contributed by atoms with E-state index < -0.39 is 0 Å². The van der Waals surface area contributed by atoms with Gasteiger partial charge in [-0.15, -0.1) is 12.4 Å². The number of rotatable bonds is 3. The monoisotopic (exact) mass is 232 g/mol. The molecule has 0 bridgehead atoms. The van der Waals surface area contributed by atoms with E-state index >= 15 is 0 Å². The first-order valence-corrected chi connectivity index (χ1v) is 5.10. The molecule has 5 nitrogen and oxygen atoms in total. The van der Waals surface area contributed by atoms with Crippen LogP contribution in [0, 0.1) is 5.92 Å². The van der Waals surface area contributed by atoms with Crippen molar-refractivity contribution in [3.63, 3.8) is 0 Å². The molecule has 1 aliphatic rings. The van der Waals surface area contributed by atoms with E-state index in [4.69, 9.17) is 10.3 Å². The molecule has 3 N–H and O–H groups in total. The van der Waals surface area contributed by atoms with Crippen molar-refractivity contribution < 1.29 is 4.52 Å². The van der Waals surface area contributed by atoms with Gasteiger partial charge in [-0.25, -0.2) is 0 Å². The molecule has 0 radical (unpaired) electrons. The molecule has 0 aliphatic carbocycles. The summed E-state index contributed by atoms with van der Waals surface area (Å²) in [6.07, 6.45) is 3.39. The van der Waals surface area contributed by atoms with Crippen LogP contribution in [0.15, 0.2) is 4.52 Å². The van der Waals surface area contributed by atoms with Crippen LogP contribution in [-0.4, -0.2) is 23.2 Å². The van der Waals surface area contributed by atoms with Gasteiger partial charge in [0.2, 0.25) is 5.89 Å². The highest BCUT2D eigenvalue weighted by Gasteiger charge is 2.16. The van der Waals surface area contributed by atoms with Crippen LogP contribution in [0.3, 0.4) is 0 Å². The molecule has 2 heterocycles. The minimum Gasteiger partial charge on any atom is -0.338 e. The van der Waals surface area contributed by atoms with Gasteiger partial charge in [-0.05, 0) is 31.8 Å². The normalized spacial score (nSPS) is 21.0. The van der Waals surface area contributed by atoms with E-state index in [0.29, 0.717) is 18.4 Å². The van der Waals surface area contributed by atoms with Crippen LogP contribution in [0.5, 0.6) is 0 Å². The molecular weight excluding hydrogens is 216 g/mol. The number of nitrogens with zero attached hydrogens (tertiary/aromatic N) is 2. The van der Waals surface area contributed by atoms with Crippen molar-refractivity contribution in [3.8, 4) is 0 Å². The zero-order valence-corrected chi connectivity index (χ0v) is 9.42. The van der Waals surface area contributed by atoms with Gasteiger partial charge in [0, 0.05) is 6.42 Å². The Bertz CT molecular complexity index is 285. The molecule has 1 aliphatic heterocycles. The van der Waals surface area contributed by atoms with Crippen molar-refractivity contribution in [1.29, 1.82) is 0 Å². The molecule has 1 fully saturated rings. The first kappa shape index (κ1) is 12.4. The van der Waals surface area contributed by atoms with E-state index in [0.717, 1.165) is 25.3 Å². The first-order valence-electron chi connectivity index (χ1n) is 5.10. The Labute approximate surface area is 95.2 Å². The molecule has 2 rings (SSSR count). The zero-order chi connectivity index (χ0) is 9.80. The smallest absolute Gasteiger partial charge is 0.240 e. The Morgan fingerprint density at radius 3 is 3.00 bits per heavy atom. The molecule has 1 saturated heterocycles. The SMILES string of the molecule is Cl.NCc1nc(CC2CCCNC2)no1. The average Bonchev–Trinajstić information content (AvgIpc) is 2.67. The standard InChI is InChI=1S/C9H16N4O.ClH/c10-5-9-12-8(13-14-9)4-7-2-1-3-11-6-7;/h7,11H,1-6,10H2;1H. The van der Waals surface area contributed by atoms with Crippen molar-refractivity contribution in [2.45, 2.75) is 25.8 Å². The fourth-order valence-electron chi connectivity index (χ4n) is 1.81. The van der Waals surface area contributed by atoms with Gasteiger partial charge < -0.3 is 15.6 Å². The third-order valence-electron chi connectivity index (χ3n) is 2.55. The van der Waals surface area contributed by atoms with Gasteiger partial charge in [0.05, 0.1) is 6.54 Å². The van der Waals surface area contributed by atoms with Crippen LogP contribution in [0.4, 0.5) is 0 Å². The molecule has 0 saturated carbocycles. The average molecular weight is 233 g/mol. The van der Waals surface area contributed by atoms with Gasteiger partial charge in [0.15, 0.2) is 5.82 Å². The van der Waals surface area contributed by atoms with E-state index in [9.17, 15) is 0 Å². The third kappa shape index (κ3) is 3.44. The lowest BCUT2D eigenvalue weighted by atomic mass is 9.96. The van der Waals surface area contributed by atoms with Gasteiger partial charge >= 0.3 is 0 Å². The van der Waals surface area contributed by atoms with Crippen LogP contribution in [0.2, 0.25) is 0 Å². The minimum absolute atomic E-state index is 0.